The zero-order valence-electron chi connectivity index (χ0n) is 18.2. The number of nitriles is 1. The Balaban J connectivity index is 1.81. The van der Waals surface area contributed by atoms with Crippen LogP contribution in [0.1, 0.15) is 33.9 Å². The Bertz CT molecular complexity index is 1770. The van der Waals surface area contributed by atoms with Crippen molar-refractivity contribution in [3.63, 3.8) is 0 Å². The van der Waals surface area contributed by atoms with Crippen LogP contribution in [0.15, 0.2) is 62.2 Å². The fourth-order valence-corrected chi connectivity index (χ4v) is 4.13. The van der Waals surface area contributed by atoms with Crippen molar-refractivity contribution in [1.82, 2.24) is 9.55 Å². The lowest BCUT2D eigenvalue weighted by Crippen LogP contribution is -2.35. The number of alkyl halides is 6. The first-order valence-corrected chi connectivity index (χ1v) is 10.4. The highest BCUT2D eigenvalue weighted by Gasteiger charge is 2.38. The van der Waals surface area contributed by atoms with Crippen LogP contribution in [-0.2, 0) is 12.4 Å². The molecule has 188 valence electrons. The Morgan fingerprint density at radius 1 is 1.00 bits per heavy atom. The largest absolute Gasteiger partial charge is 0.416 e. The number of benzene rings is 2. The lowest BCUT2D eigenvalue weighted by atomic mass is 9.87. The number of nitrogens with two attached hydrogens (primary N) is 1. The second-order valence-corrected chi connectivity index (χ2v) is 8.01. The van der Waals surface area contributed by atoms with Crippen molar-refractivity contribution in [3.8, 4) is 12.0 Å². The minimum atomic E-state index is -4.68. The van der Waals surface area contributed by atoms with Crippen LogP contribution in [-0.4, -0.2) is 9.55 Å². The number of anilines is 1. The van der Waals surface area contributed by atoms with Crippen LogP contribution in [0, 0.1) is 11.3 Å². The Kier molecular flexibility index (Phi) is 5.29. The van der Waals surface area contributed by atoms with Crippen molar-refractivity contribution in [1.29, 1.82) is 5.26 Å². The van der Waals surface area contributed by atoms with E-state index < -0.39 is 41.0 Å². The van der Waals surface area contributed by atoms with E-state index in [0.717, 1.165) is 47.0 Å². The van der Waals surface area contributed by atoms with Gasteiger partial charge in [0.2, 0.25) is 11.4 Å². The number of nitrogens with zero attached hydrogens (tertiary/aromatic N) is 3. The Morgan fingerprint density at radius 2 is 1.65 bits per heavy atom. The number of hydrogen-bond acceptors (Lipinski definition) is 6. The minimum absolute atomic E-state index is 0.000526. The topological polar surface area (TPSA) is 111 Å². The van der Waals surface area contributed by atoms with Gasteiger partial charge in [0.05, 0.1) is 17.0 Å². The number of halogens is 6. The van der Waals surface area contributed by atoms with Gasteiger partial charge in [-0.2, -0.15) is 36.6 Å². The van der Waals surface area contributed by atoms with Crippen LogP contribution in [0.2, 0.25) is 0 Å². The summed E-state index contributed by atoms with van der Waals surface area (Å²) < 4.78 is 91.2. The van der Waals surface area contributed by atoms with E-state index in [2.05, 4.69) is 4.98 Å². The molecule has 4 aromatic rings. The predicted octanol–water partition coefficient (Wildman–Crippen LogP) is 3.69. The van der Waals surface area contributed by atoms with Gasteiger partial charge in [0, 0.05) is 0 Å². The van der Waals surface area contributed by atoms with Crippen LogP contribution in [0.4, 0.5) is 32.4 Å². The van der Waals surface area contributed by atoms with E-state index in [1.165, 1.54) is 12.1 Å². The molecular weight excluding hydrogens is 506 g/mol. The molecule has 13 heteroatoms. The van der Waals surface area contributed by atoms with Gasteiger partial charge >= 0.3 is 18.0 Å². The first kappa shape index (κ1) is 24.0. The van der Waals surface area contributed by atoms with Gasteiger partial charge in [-0.15, -0.1) is 0 Å². The maximum absolute atomic E-state index is 13.4. The molecule has 0 spiro atoms. The average Bonchev–Trinajstić information content (AvgIpc) is 3.36. The molecule has 0 bridgehead atoms. The molecule has 3 heterocycles. The number of oxazole rings is 2. The summed E-state index contributed by atoms with van der Waals surface area (Å²) >= 11 is 0. The molecule has 2 aromatic heterocycles. The predicted molar refractivity (Wildman–Crippen MR) is 115 cm³/mol. The van der Waals surface area contributed by atoms with Crippen LogP contribution >= 0.6 is 0 Å². The molecular formula is C24H12F6N4O3. The lowest BCUT2D eigenvalue weighted by molar-refractivity contribution is -0.138. The number of rotatable bonds is 2. The van der Waals surface area contributed by atoms with Crippen LogP contribution in [0.5, 0.6) is 0 Å². The average molecular weight is 518 g/mol. The van der Waals surface area contributed by atoms with Gasteiger partial charge in [-0.1, -0.05) is 30.3 Å². The molecule has 0 saturated heterocycles. The SMILES string of the molecule is N#CC1=c2oc(=O)/c(=C\c3cccc(C(F)(F)F)c3)n2-c2oc(N)nc2[C@H]1c1cccc(C(F)(F)F)c1. The highest BCUT2D eigenvalue weighted by molar-refractivity contribution is 5.73. The summed E-state index contributed by atoms with van der Waals surface area (Å²) in [6, 6.07) is 9.69. The molecule has 0 unspecified atom stereocenters. The van der Waals surface area contributed by atoms with E-state index in [1.807, 2.05) is 6.07 Å². The maximum atomic E-state index is 13.4. The van der Waals surface area contributed by atoms with E-state index in [-0.39, 0.29) is 39.2 Å². The van der Waals surface area contributed by atoms with Gasteiger partial charge in [0.25, 0.3) is 6.01 Å². The van der Waals surface area contributed by atoms with Crippen LogP contribution in [0.3, 0.4) is 0 Å². The molecule has 7 nitrogen and oxygen atoms in total. The summed E-state index contributed by atoms with van der Waals surface area (Å²) in [7, 11) is 0. The molecule has 2 aromatic carbocycles. The Labute approximate surface area is 202 Å². The highest BCUT2D eigenvalue weighted by Crippen LogP contribution is 2.40. The molecule has 0 amide bonds. The lowest BCUT2D eigenvalue weighted by Gasteiger charge is -2.20. The molecule has 37 heavy (non-hydrogen) atoms. The van der Waals surface area contributed by atoms with E-state index in [9.17, 15) is 36.4 Å². The summed E-state index contributed by atoms with van der Waals surface area (Å²) in [6.07, 6.45) is -8.23. The molecule has 0 aliphatic carbocycles. The molecule has 0 fully saturated rings. The van der Waals surface area contributed by atoms with Crippen molar-refractivity contribution >= 4 is 17.7 Å². The molecule has 0 saturated carbocycles. The zero-order chi connectivity index (χ0) is 26.7. The second kappa shape index (κ2) is 8.16. The number of aromatic nitrogens is 2. The van der Waals surface area contributed by atoms with Crippen LogP contribution < -0.4 is 22.3 Å². The highest BCUT2D eigenvalue weighted by atomic mass is 19.4. The molecule has 1 aliphatic heterocycles. The van der Waals surface area contributed by atoms with E-state index >= 15 is 0 Å². The number of nitrogen functional groups attached to an aromatic ring is 1. The van der Waals surface area contributed by atoms with E-state index in [4.69, 9.17) is 14.6 Å². The normalized spacial score (nSPS) is 15.9. The number of hydrogen-bond donors (Lipinski definition) is 1. The molecule has 1 aliphatic rings. The second-order valence-electron chi connectivity index (χ2n) is 8.01. The molecule has 0 radical (unpaired) electrons. The quantitative estimate of drug-likeness (QED) is 0.406. The fourth-order valence-electron chi connectivity index (χ4n) is 4.13. The first-order chi connectivity index (χ1) is 17.4. The third-order valence-corrected chi connectivity index (χ3v) is 5.67. The summed E-state index contributed by atoms with van der Waals surface area (Å²) in [6.45, 7) is 0. The van der Waals surface area contributed by atoms with Gasteiger partial charge in [0.15, 0.2) is 0 Å². The van der Waals surface area contributed by atoms with Crippen molar-refractivity contribution in [2.45, 2.75) is 18.3 Å². The maximum Gasteiger partial charge on any atom is 0.416 e. The zero-order valence-corrected chi connectivity index (χ0v) is 18.2. The Hall–Kier alpha value is -4.73. The smallest absolute Gasteiger partial charge is 0.406 e. The van der Waals surface area contributed by atoms with Gasteiger partial charge < -0.3 is 14.6 Å². The monoisotopic (exact) mass is 518 g/mol. The molecule has 5 rings (SSSR count). The summed E-state index contributed by atoms with van der Waals surface area (Å²) in [5.41, 5.74) is 1.98. The van der Waals surface area contributed by atoms with Gasteiger partial charge in [0.1, 0.15) is 22.7 Å². The van der Waals surface area contributed by atoms with Crippen molar-refractivity contribution < 1.29 is 35.2 Å². The first-order valence-electron chi connectivity index (χ1n) is 10.4. The minimum Gasteiger partial charge on any atom is -0.406 e. The van der Waals surface area contributed by atoms with Crippen LogP contribution in [0.25, 0.3) is 17.5 Å². The Morgan fingerprint density at radius 3 is 2.30 bits per heavy atom. The standard InChI is InChI=1S/C24H12F6N4O3/c25-23(26,27)13-5-1-3-11(7-13)8-16-21(35)36-19-15(10-31)17(18-20(34(16)19)37-22(32)33-18)12-4-2-6-14(9-12)24(28,29)30/h1-9,17H,(H2,32,33)/b16-8+/t17-/m0/s1. The van der Waals surface area contributed by atoms with Gasteiger partial charge in [-0.3, -0.25) is 0 Å². The summed E-state index contributed by atoms with van der Waals surface area (Å²) in [5.74, 6) is -1.46. The summed E-state index contributed by atoms with van der Waals surface area (Å²) in [5, 5.41) is 9.62. The van der Waals surface area contributed by atoms with Crippen molar-refractivity contribution in [2.75, 3.05) is 5.73 Å². The third kappa shape index (κ3) is 4.06. The van der Waals surface area contributed by atoms with E-state index in [0.29, 0.717) is 0 Å². The van der Waals surface area contributed by atoms with Gasteiger partial charge in [-0.05, 0) is 35.4 Å². The van der Waals surface area contributed by atoms with Crippen molar-refractivity contribution in [2.24, 2.45) is 0 Å². The van der Waals surface area contributed by atoms with E-state index in [1.54, 1.807) is 0 Å². The fraction of sp³-hybridized carbons (Fsp3) is 0.125. The third-order valence-electron chi connectivity index (χ3n) is 5.67. The molecule has 2 N–H and O–H groups in total. The van der Waals surface area contributed by atoms with Crippen molar-refractivity contribution in [3.05, 3.63) is 97.8 Å². The number of fused-ring (bicyclic) bond motifs is 3. The van der Waals surface area contributed by atoms with Gasteiger partial charge in [-0.25, -0.2) is 9.36 Å². The summed E-state index contributed by atoms with van der Waals surface area (Å²) in [4.78, 5) is 16.8. The molecule has 1 atom stereocenters.